The number of aliphatic hydroxyl groups excluding tert-OH is 2. The number of carbonyl (C=O) groups is 1. The van der Waals surface area contributed by atoms with Crippen molar-refractivity contribution in [3.63, 3.8) is 0 Å². The average molecular weight is 447 g/mol. The van der Waals surface area contributed by atoms with E-state index < -0.39 is 0 Å². The monoisotopic (exact) mass is 446 g/mol. The third-order valence-corrected chi connectivity index (χ3v) is 11.1. The van der Waals surface area contributed by atoms with Crippen LogP contribution in [0.1, 0.15) is 91.9 Å². The van der Waals surface area contributed by atoms with Gasteiger partial charge in [0.05, 0.1) is 19.3 Å². The molecule has 4 saturated carbocycles. The van der Waals surface area contributed by atoms with Crippen LogP contribution in [0.5, 0.6) is 0 Å². The summed E-state index contributed by atoms with van der Waals surface area (Å²) in [4.78, 5) is 11.7. The molecule has 0 spiro atoms. The van der Waals surface area contributed by atoms with Crippen LogP contribution < -0.4 is 0 Å². The quantitative estimate of drug-likeness (QED) is 0.431. The second-order valence-corrected chi connectivity index (χ2v) is 12.3. The van der Waals surface area contributed by atoms with Gasteiger partial charge in [-0.05, 0) is 117 Å². The van der Waals surface area contributed by atoms with Crippen molar-refractivity contribution >= 4 is 5.97 Å². The molecule has 0 heterocycles. The van der Waals surface area contributed by atoms with Crippen molar-refractivity contribution in [3.8, 4) is 0 Å². The maximum absolute atomic E-state index is 11.7. The molecular formula is C28H46O4. The Morgan fingerprint density at radius 1 is 1.09 bits per heavy atom. The number of methoxy groups -OCH3 is 1. The Hall–Kier alpha value is -0.870. The van der Waals surface area contributed by atoms with Gasteiger partial charge < -0.3 is 14.9 Å². The summed E-state index contributed by atoms with van der Waals surface area (Å²) in [5, 5.41) is 21.9. The fourth-order valence-electron chi connectivity index (χ4n) is 9.17. The van der Waals surface area contributed by atoms with E-state index in [0.717, 1.165) is 44.4 Å². The molecule has 0 aromatic carbocycles. The number of fused-ring (bicyclic) bond motifs is 5. The maximum atomic E-state index is 11.7. The van der Waals surface area contributed by atoms with Gasteiger partial charge in [0, 0.05) is 5.57 Å². The zero-order chi connectivity index (χ0) is 23.3. The van der Waals surface area contributed by atoms with E-state index in [2.05, 4.69) is 20.8 Å². The molecule has 0 amide bonds. The number of allylic oxidation sites excluding steroid dienone is 1. The SMILES string of the molecule is COC(=O)/C(C)=C\CC[C@@H](C)[C@H]1CC[C@H]2[C@@H]3CC[C@@H]4C[C@H](O)CC[C@]4(C)[C@H]3C[C@H](O)[C@]12C. The number of hydrogen-bond donors (Lipinski definition) is 2. The van der Waals surface area contributed by atoms with Crippen LogP contribution in [0.3, 0.4) is 0 Å². The van der Waals surface area contributed by atoms with E-state index in [-0.39, 0.29) is 23.6 Å². The second kappa shape index (κ2) is 9.06. The Kier molecular flexibility index (Phi) is 6.87. The zero-order valence-corrected chi connectivity index (χ0v) is 21.0. The first kappa shape index (κ1) is 24.3. The first-order chi connectivity index (χ1) is 15.1. The average Bonchev–Trinajstić information content (AvgIpc) is 3.13. The van der Waals surface area contributed by atoms with Crippen LogP contribution in [0.2, 0.25) is 0 Å². The third-order valence-electron chi connectivity index (χ3n) is 11.1. The summed E-state index contributed by atoms with van der Waals surface area (Å²) in [6.07, 6.45) is 12.6. The van der Waals surface area contributed by atoms with Crippen molar-refractivity contribution in [1.82, 2.24) is 0 Å². The van der Waals surface area contributed by atoms with Gasteiger partial charge in [-0.15, -0.1) is 0 Å². The molecule has 32 heavy (non-hydrogen) atoms. The van der Waals surface area contributed by atoms with Gasteiger partial charge in [-0.2, -0.15) is 0 Å². The van der Waals surface area contributed by atoms with Crippen molar-refractivity contribution in [2.45, 2.75) is 104 Å². The second-order valence-electron chi connectivity index (χ2n) is 12.3. The van der Waals surface area contributed by atoms with E-state index in [0.29, 0.717) is 40.6 Å². The molecule has 4 fully saturated rings. The highest BCUT2D eigenvalue weighted by Gasteiger charge is 2.63. The molecule has 0 unspecified atom stereocenters. The molecule has 182 valence electrons. The van der Waals surface area contributed by atoms with Gasteiger partial charge in [-0.3, -0.25) is 0 Å². The van der Waals surface area contributed by atoms with Gasteiger partial charge in [-0.1, -0.05) is 26.8 Å². The molecule has 4 heteroatoms. The molecule has 0 aromatic rings. The van der Waals surface area contributed by atoms with Crippen LogP contribution >= 0.6 is 0 Å². The molecule has 0 aromatic heterocycles. The highest BCUT2D eigenvalue weighted by atomic mass is 16.5. The number of carbonyl (C=O) groups excluding carboxylic acids is 1. The van der Waals surface area contributed by atoms with Crippen molar-refractivity contribution in [3.05, 3.63) is 11.6 Å². The lowest BCUT2D eigenvalue weighted by molar-refractivity contribution is -0.174. The summed E-state index contributed by atoms with van der Waals surface area (Å²) < 4.78 is 4.82. The molecule has 0 saturated heterocycles. The molecule has 0 radical (unpaired) electrons. The van der Waals surface area contributed by atoms with Gasteiger partial charge in [0.15, 0.2) is 0 Å². The predicted molar refractivity (Wildman–Crippen MR) is 127 cm³/mol. The Bertz CT molecular complexity index is 731. The minimum atomic E-state index is -0.237. The van der Waals surface area contributed by atoms with Crippen LogP contribution in [0, 0.1) is 46.3 Å². The first-order valence-corrected chi connectivity index (χ1v) is 13.2. The fraction of sp³-hybridized carbons (Fsp3) is 0.893. The molecule has 10 atom stereocenters. The lowest BCUT2D eigenvalue weighted by Gasteiger charge is -2.62. The van der Waals surface area contributed by atoms with Gasteiger partial charge >= 0.3 is 5.97 Å². The van der Waals surface area contributed by atoms with Crippen LogP contribution in [0.15, 0.2) is 11.6 Å². The van der Waals surface area contributed by atoms with Gasteiger partial charge in [0.25, 0.3) is 0 Å². The lowest BCUT2D eigenvalue weighted by atomic mass is 9.43. The Balaban J connectivity index is 1.48. The van der Waals surface area contributed by atoms with Crippen molar-refractivity contribution in [2.24, 2.45) is 46.3 Å². The topological polar surface area (TPSA) is 66.8 Å². The van der Waals surface area contributed by atoms with E-state index in [1.54, 1.807) is 0 Å². The minimum absolute atomic E-state index is 0.0130. The highest BCUT2D eigenvalue weighted by Crippen LogP contribution is 2.68. The normalized spacial score (nSPS) is 47.2. The Morgan fingerprint density at radius 3 is 2.56 bits per heavy atom. The van der Waals surface area contributed by atoms with E-state index >= 15 is 0 Å². The van der Waals surface area contributed by atoms with Crippen molar-refractivity contribution in [2.75, 3.05) is 7.11 Å². The first-order valence-electron chi connectivity index (χ1n) is 13.2. The van der Waals surface area contributed by atoms with E-state index in [9.17, 15) is 15.0 Å². The molecule has 2 N–H and O–H groups in total. The summed E-state index contributed by atoms with van der Waals surface area (Å²) in [5.74, 6) is 3.45. The van der Waals surface area contributed by atoms with Crippen LogP contribution in [-0.4, -0.2) is 35.5 Å². The molecule has 0 bridgehead atoms. The largest absolute Gasteiger partial charge is 0.466 e. The minimum Gasteiger partial charge on any atom is -0.466 e. The number of esters is 1. The maximum Gasteiger partial charge on any atom is 0.333 e. The fourth-order valence-corrected chi connectivity index (χ4v) is 9.17. The summed E-state index contributed by atoms with van der Waals surface area (Å²) in [5.41, 5.74) is 1.00. The van der Waals surface area contributed by atoms with Crippen LogP contribution in [0.4, 0.5) is 0 Å². The molecule has 4 aliphatic rings. The molecule has 0 aliphatic heterocycles. The number of aliphatic hydroxyl groups is 2. The predicted octanol–water partition coefficient (Wildman–Crippen LogP) is 5.51. The standard InChI is InChI=1S/C28H46O4/c1-17(7-6-8-18(2)26(31)32-5)22-11-12-23-21-10-9-19-15-20(29)13-14-27(19,3)24(21)16-25(30)28(22,23)4/h8,17,19-25,29-30H,6-7,9-16H2,1-5H3/b18-8-/t17-,19-,20-,21+,22-,23+,24+,25+,27+,28-/m1/s1. The van der Waals surface area contributed by atoms with E-state index in [1.807, 2.05) is 13.0 Å². The Morgan fingerprint density at radius 2 is 1.84 bits per heavy atom. The third kappa shape index (κ3) is 3.87. The van der Waals surface area contributed by atoms with Gasteiger partial charge in [-0.25, -0.2) is 4.79 Å². The van der Waals surface area contributed by atoms with Crippen LogP contribution in [-0.2, 0) is 9.53 Å². The van der Waals surface area contributed by atoms with Gasteiger partial charge in [0.2, 0.25) is 0 Å². The summed E-state index contributed by atoms with van der Waals surface area (Å²) in [6.45, 7) is 9.08. The van der Waals surface area contributed by atoms with Crippen molar-refractivity contribution in [1.29, 1.82) is 0 Å². The molecule has 4 nitrogen and oxygen atoms in total. The number of hydrogen-bond acceptors (Lipinski definition) is 4. The molecule has 4 aliphatic carbocycles. The zero-order valence-electron chi connectivity index (χ0n) is 21.0. The Labute approximate surface area is 195 Å². The number of ether oxygens (including phenoxy) is 1. The number of rotatable bonds is 5. The van der Waals surface area contributed by atoms with Crippen LogP contribution in [0.25, 0.3) is 0 Å². The van der Waals surface area contributed by atoms with Gasteiger partial charge in [0.1, 0.15) is 0 Å². The van der Waals surface area contributed by atoms with E-state index in [4.69, 9.17) is 4.74 Å². The molecular weight excluding hydrogens is 400 g/mol. The summed E-state index contributed by atoms with van der Waals surface area (Å²) in [6, 6.07) is 0. The van der Waals surface area contributed by atoms with E-state index in [1.165, 1.54) is 32.8 Å². The smallest absolute Gasteiger partial charge is 0.333 e. The highest BCUT2D eigenvalue weighted by molar-refractivity contribution is 5.87. The summed E-state index contributed by atoms with van der Waals surface area (Å²) in [7, 11) is 1.43. The summed E-state index contributed by atoms with van der Waals surface area (Å²) >= 11 is 0. The lowest BCUT2D eigenvalue weighted by Crippen LogP contribution is -2.58. The molecule has 4 rings (SSSR count). The van der Waals surface area contributed by atoms with Crippen molar-refractivity contribution < 1.29 is 19.7 Å².